The first kappa shape index (κ1) is 15.9. The Morgan fingerprint density at radius 1 is 1.46 bits per heavy atom. The van der Waals surface area contributed by atoms with Crippen molar-refractivity contribution < 1.29 is 19.4 Å². The number of carboxylic acid groups (broad SMARTS) is 1. The van der Waals surface area contributed by atoms with Gasteiger partial charge in [-0.25, -0.2) is 0 Å². The molecule has 5 nitrogen and oxygen atoms in total. The summed E-state index contributed by atoms with van der Waals surface area (Å²) in [4.78, 5) is 26.5. The van der Waals surface area contributed by atoms with Crippen molar-refractivity contribution in [2.24, 2.45) is 29.6 Å². The minimum atomic E-state index is -0.926. The van der Waals surface area contributed by atoms with Gasteiger partial charge >= 0.3 is 5.97 Å². The van der Waals surface area contributed by atoms with Crippen molar-refractivity contribution in [1.82, 2.24) is 4.90 Å². The number of nitrogens with zero attached hydrogens (tertiary/aromatic N) is 1. The van der Waals surface area contributed by atoms with E-state index in [1.165, 1.54) is 5.57 Å². The lowest BCUT2D eigenvalue weighted by atomic mass is 9.75. The fraction of sp³-hybridized carbons (Fsp3) is 0.684. The molecule has 1 aliphatic carbocycles. The fourth-order valence-corrected chi connectivity index (χ4v) is 5.43. The highest BCUT2D eigenvalue weighted by atomic mass is 16.5. The standard InChI is InChI=1S/C19H25NO4/c1-10-6-11(2)13(12(3)7-10)8-20-9-19-5-4-14(24-19)15(18(22)23)16(19)17(20)21/h4-6,11-16H,7-9H2,1-3H3,(H,22,23)/t11-,12+,13+,14-,15+,16-,19-/m1/s1. The first-order valence-electron chi connectivity index (χ1n) is 8.88. The second-order valence-electron chi connectivity index (χ2n) is 8.17. The van der Waals surface area contributed by atoms with Crippen LogP contribution in [0, 0.1) is 29.6 Å². The van der Waals surface area contributed by atoms with Gasteiger partial charge in [-0.05, 0) is 31.1 Å². The summed E-state index contributed by atoms with van der Waals surface area (Å²) in [5.41, 5.74) is 0.711. The van der Waals surface area contributed by atoms with Gasteiger partial charge in [0.2, 0.25) is 5.91 Å². The van der Waals surface area contributed by atoms with Gasteiger partial charge in [-0.3, -0.25) is 9.59 Å². The fourth-order valence-electron chi connectivity index (χ4n) is 5.43. The van der Waals surface area contributed by atoms with Crippen LogP contribution in [0.3, 0.4) is 0 Å². The maximum absolute atomic E-state index is 13.0. The highest BCUT2D eigenvalue weighted by Crippen LogP contribution is 2.52. The summed E-state index contributed by atoms with van der Waals surface area (Å²) < 4.78 is 5.95. The van der Waals surface area contributed by atoms with Gasteiger partial charge in [0.15, 0.2) is 0 Å². The van der Waals surface area contributed by atoms with Crippen molar-refractivity contribution in [3.63, 3.8) is 0 Å². The lowest BCUT2D eigenvalue weighted by Gasteiger charge is -2.36. The van der Waals surface area contributed by atoms with Crippen LogP contribution in [-0.4, -0.2) is 46.7 Å². The Morgan fingerprint density at radius 3 is 2.88 bits per heavy atom. The molecular weight excluding hydrogens is 306 g/mol. The Bertz CT molecular complexity index is 654. The van der Waals surface area contributed by atoms with Gasteiger partial charge < -0.3 is 14.7 Å². The lowest BCUT2D eigenvalue weighted by molar-refractivity contribution is -0.148. The number of carboxylic acids is 1. The van der Waals surface area contributed by atoms with Crippen LogP contribution in [0.2, 0.25) is 0 Å². The minimum absolute atomic E-state index is 0.0417. The van der Waals surface area contributed by atoms with Gasteiger partial charge in [0.1, 0.15) is 11.5 Å². The molecule has 5 heteroatoms. The molecule has 130 valence electrons. The van der Waals surface area contributed by atoms with Crippen molar-refractivity contribution in [1.29, 1.82) is 0 Å². The number of carbonyl (C=O) groups excluding carboxylic acids is 1. The molecule has 7 atom stereocenters. The Morgan fingerprint density at radius 2 is 2.21 bits per heavy atom. The molecule has 0 radical (unpaired) electrons. The van der Waals surface area contributed by atoms with Gasteiger partial charge in [0.05, 0.1) is 18.6 Å². The van der Waals surface area contributed by atoms with Crippen LogP contribution in [-0.2, 0) is 14.3 Å². The maximum Gasteiger partial charge on any atom is 0.310 e. The van der Waals surface area contributed by atoms with Crippen molar-refractivity contribution in [3.8, 4) is 0 Å². The zero-order chi connectivity index (χ0) is 17.2. The highest BCUT2D eigenvalue weighted by molar-refractivity contribution is 5.90. The summed E-state index contributed by atoms with van der Waals surface area (Å²) in [5, 5.41) is 9.53. The molecule has 0 saturated carbocycles. The van der Waals surface area contributed by atoms with Gasteiger partial charge in [-0.1, -0.05) is 37.6 Å². The van der Waals surface area contributed by atoms with Crippen LogP contribution >= 0.6 is 0 Å². The van der Waals surface area contributed by atoms with E-state index in [0.29, 0.717) is 30.8 Å². The Balaban J connectivity index is 1.56. The molecule has 0 aromatic carbocycles. The predicted octanol–water partition coefficient (Wildman–Crippen LogP) is 2.09. The number of hydrogen-bond acceptors (Lipinski definition) is 3. The molecule has 0 aromatic heterocycles. The van der Waals surface area contributed by atoms with E-state index in [4.69, 9.17) is 4.74 Å². The van der Waals surface area contributed by atoms with Crippen molar-refractivity contribution >= 4 is 11.9 Å². The number of aliphatic carboxylic acids is 1. The smallest absolute Gasteiger partial charge is 0.310 e. The SMILES string of the molecule is CC1=C[C@@H](C)[C@H](CN2C[C@@]34C=C[C@@H](O3)[C@H](C(=O)O)[C@@H]4C2=O)[C@@H](C)C1. The van der Waals surface area contributed by atoms with E-state index in [0.717, 1.165) is 6.42 Å². The normalized spacial score (nSPS) is 46.4. The largest absolute Gasteiger partial charge is 0.481 e. The Hall–Kier alpha value is -1.62. The van der Waals surface area contributed by atoms with E-state index in [2.05, 4.69) is 26.8 Å². The number of allylic oxidation sites excluding steroid dienone is 2. The van der Waals surface area contributed by atoms with E-state index < -0.39 is 29.5 Å². The van der Waals surface area contributed by atoms with Crippen molar-refractivity contribution in [2.45, 2.75) is 38.9 Å². The lowest BCUT2D eigenvalue weighted by Crippen LogP contribution is -2.41. The number of carbonyl (C=O) groups is 2. The van der Waals surface area contributed by atoms with E-state index in [9.17, 15) is 14.7 Å². The number of likely N-dealkylation sites (tertiary alicyclic amines) is 1. The zero-order valence-corrected chi connectivity index (χ0v) is 14.4. The summed E-state index contributed by atoms with van der Waals surface area (Å²) in [6, 6.07) is 0. The second kappa shape index (κ2) is 5.19. The summed E-state index contributed by atoms with van der Waals surface area (Å²) in [7, 11) is 0. The van der Waals surface area contributed by atoms with Gasteiger partial charge in [0, 0.05) is 6.54 Å². The van der Waals surface area contributed by atoms with Crippen LogP contribution in [0.1, 0.15) is 27.2 Å². The van der Waals surface area contributed by atoms with Crippen LogP contribution in [0.25, 0.3) is 0 Å². The summed E-state index contributed by atoms with van der Waals surface area (Å²) in [5.74, 6) is -0.893. The van der Waals surface area contributed by atoms with Crippen LogP contribution in [0.4, 0.5) is 0 Å². The topological polar surface area (TPSA) is 66.8 Å². The maximum atomic E-state index is 13.0. The molecule has 4 rings (SSSR count). The monoisotopic (exact) mass is 331 g/mol. The molecule has 0 unspecified atom stereocenters. The van der Waals surface area contributed by atoms with Crippen molar-refractivity contribution in [3.05, 3.63) is 23.8 Å². The molecule has 3 heterocycles. The molecule has 2 fully saturated rings. The number of rotatable bonds is 3. The molecule has 2 bridgehead atoms. The van der Waals surface area contributed by atoms with Crippen LogP contribution in [0.15, 0.2) is 23.8 Å². The average Bonchev–Trinajstić information content (AvgIpc) is 3.11. The van der Waals surface area contributed by atoms with Gasteiger partial charge in [0.25, 0.3) is 0 Å². The predicted molar refractivity (Wildman–Crippen MR) is 88.1 cm³/mol. The summed E-state index contributed by atoms with van der Waals surface area (Å²) in [6.07, 6.45) is 6.69. The molecule has 0 aromatic rings. The Labute approximate surface area is 142 Å². The molecule has 1 amide bonds. The molecule has 4 aliphatic rings. The number of fused-ring (bicyclic) bond motifs is 1. The van der Waals surface area contributed by atoms with Crippen LogP contribution in [0.5, 0.6) is 0 Å². The quantitative estimate of drug-likeness (QED) is 0.804. The number of amides is 1. The van der Waals surface area contributed by atoms with E-state index in [1.807, 2.05) is 17.1 Å². The van der Waals surface area contributed by atoms with Gasteiger partial charge in [-0.2, -0.15) is 0 Å². The summed E-state index contributed by atoms with van der Waals surface area (Å²) >= 11 is 0. The van der Waals surface area contributed by atoms with Crippen molar-refractivity contribution in [2.75, 3.05) is 13.1 Å². The van der Waals surface area contributed by atoms with Gasteiger partial charge in [-0.15, -0.1) is 0 Å². The molecule has 24 heavy (non-hydrogen) atoms. The Kier molecular flexibility index (Phi) is 3.43. The molecule has 3 aliphatic heterocycles. The molecule has 1 spiro atoms. The summed E-state index contributed by atoms with van der Waals surface area (Å²) in [6.45, 7) is 7.82. The third kappa shape index (κ3) is 2.10. The minimum Gasteiger partial charge on any atom is -0.481 e. The average molecular weight is 331 g/mol. The number of hydrogen-bond donors (Lipinski definition) is 1. The molecule has 1 N–H and O–H groups in total. The van der Waals surface area contributed by atoms with E-state index in [-0.39, 0.29) is 5.91 Å². The first-order valence-corrected chi connectivity index (χ1v) is 8.88. The first-order chi connectivity index (χ1) is 11.3. The highest BCUT2D eigenvalue weighted by Gasteiger charge is 2.67. The third-order valence-corrected chi connectivity index (χ3v) is 6.49. The van der Waals surface area contributed by atoms with E-state index >= 15 is 0 Å². The molecule has 2 saturated heterocycles. The number of ether oxygens (including phenoxy) is 1. The van der Waals surface area contributed by atoms with E-state index in [1.54, 1.807) is 0 Å². The molecular formula is C19H25NO4. The zero-order valence-electron chi connectivity index (χ0n) is 14.4. The van der Waals surface area contributed by atoms with Crippen LogP contribution < -0.4 is 0 Å². The second-order valence-corrected chi connectivity index (χ2v) is 8.17. The third-order valence-electron chi connectivity index (χ3n) is 6.49.